The van der Waals surface area contributed by atoms with E-state index in [0.29, 0.717) is 11.6 Å². The minimum absolute atomic E-state index is 0.133. The molecule has 0 amide bonds. The van der Waals surface area contributed by atoms with Crippen LogP contribution in [0.4, 0.5) is 0 Å². The molecule has 4 nitrogen and oxygen atoms in total. The minimum Gasteiger partial charge on any atom is -0.478 e. The normalized spacial score (nSPS) is 9.94. The van der Waals surface area contributed by atoms with Crippen LogP contribution in [0.5, 0.6) is 11.6 Å². The van der Waals surface area contributed by atoms with Crippen molar-refractivity contribution in [2.75, 3.05) is 0 Å². The molecule has 0 spiro atoms. The van der Waals surface area contributed by atoms with Crippen molar-refractivity contribution in [3.05, 3.63) is 52.6 Å². The third-order valence-corrected chi connectivity index (χ3v) is 2.55. The lowest BCUT2D eigenvalue weighted by Gasteiger charge is -2.04. The number of carbonyl (C=O) groups is 1. The number of carboxylic acid groups (broad SMARTS) is 1. The number of hydrogen-bond acceptors (Lipinski definition) is 3. The van der Waals surface area contributed by atoms with Crippen molar-refractivity contribution in [1.29, 1.82) is 0 Å². The van der Waals surface area contributed by atoms with Crippen molar-refractivity contribution >= 4 is 21.9 Å². The summed E-state index contributed by atoms with van der Waals surface area (Å²) < 4.78 is 6.40. The van der Waals surface area contributed by atoms with E-state index < -0.39 is 5.97 Å². The van der Waals surface area contributed by atoms with Gasteiger partial charge in [0.15, 0.2) is 0 Å². The number of aromatic carboxylic acids is 1. The van der Waals surface area contributed by atoms with Crippen molar-refractivity contribution in [1.82, 2.24) is 4.98 Å². The van der Waals surface area contributed by atoms with Crippen LogP contribution in [0, 0.1) is 0 Å². The van der Waals surface area contributed by atoms with Gasteiger partial charge in [-0.2, -0.15) is 0 Å². The highest BCUT2D eigenvalue weighted by atomic mass is 79.9. The average Bonchev–Trinajstić information content (AvgIpc) is 2.33. The smallest absolute Gasteiger partial charge is 0.337 e. The lowest BCUT2D eigenvalue weighted by molar-refractivity contribution is 0.0696. The van der Waals surface area contributed by atoms with Crippen molar-refractivity contribution in [2.24, 2.45) is 0 Å². The Morgan fingerprint density at radius 1 is 1.18 bits per heavy atom. The maximum Gasteiger partial charge on any atom is 0.337 e. The van der Waals surface area contributed by atoms with Gasteiger partial charge in [-0.25, -0.2) is 9.78 Å². The third-order valence-electron chi connectivity index (χ3n) is 2.02. The topological polar surface area (TPSA) is 59.4 Å². The minimum atomic E-state index is -1.01. The summed E-state index contributed by atoms with van der Waals surface area (Å²) >= 11 is 3.32. The van der Waals surface area contributed by atoms with Crippen LogP contribution in [0.25, 0.3) is 0 Å². The molecule has 0 fully saturated rings. The highest BCUT2D eigenvalue weighted by Crippen LogP contribution is 2.21. The molecule has 0 saturated carbocycles. The fourth-order valence-corrected chi connectivity index (χ4v) is 1.45. The van der Waals surface area contributed by atoms with Crippen LogP contribution in [0.1, 0.15) is 10.4 Å². The second-order valence-electron chi connectivity index (χ2n) is 3.25. The Balaban J connectivity index is 2.13. The summed E-state index contributed by atoms with van der Waals surface area (Å²) in [5.74, 6) is -0.00575. The molecule has 1 N–H and O–H groups in total. The second kappa shape index (κ2) is 4.97. The predicted molar refractivity (Wildman–Crippen MR) is 65.4 cm³/mol. The molecule has 1 heterocycles. The van der Waals surface area contributed by atoms with Crippen LogP contribution < -0.4 is 4.74 Å². The number of hydrogen-bond donors (Lipinski definition) is 1. The number of halogens is 1. The summed E-state index contributed by atoms with van der Waals surface area (Å²) in [6.07, 6.45) is 1.26. The van der Waals surface area contributed by atoms with Crippen molar-refractivity contribution in [2.45, 2.75) is 0 Å². The van der Waals surface area contributed by atoms with Gasteiger partial charge >= 0.3 is 5.97 Å². The standard InChI is InChI=1S/C12H8BrNO3/c13-9-2-4-10(5-3-9)17-11-6-1-8(7-14-11)12(15)16/h1-7H,(H,15,16). The molecule has 0 unspecified atom stereocenters. The van der Waals surface area contributed by atoms with Gasteiger partial charge in [0.2, 0.25) is 5.88 Å². The number of pyridine rings is 1. The van der Waals surface area contributed by atoms with Gasteiger partial charge in [0.25, 0.3) is 0 Å². The van der Waals surface area contributed by atoms with E-state index in [1.807, 2.05) is 12.1 Å². The van der Waals surface area contributed by atoms with E-state index in [1.54, 1.807) is 12.1 Å². The largest absolute Gasteiger partial charge is 0.478 e. The third kappa shape index (κ3) is 3.04. The monoisotopic (exact) mass is 293 g/mol. The van der Waals surface area contributed by atoms with E-state index in [-0.39, 0.29) is 5.56 Å². The fourth-order valence-electron chi connectivity index (χ4n) is 1.19. The van der Waals surface area contributed by atoms with Crippen LogP contribution in [0.2, 0.25) is 0 Å². The van der Waals surface area contributed by atoms with E-state index in [1.165, 1.54) is 18.3 Å². The van der Waals surface area contributed by atoms with Crippen LogP contribution >= 0.6 is 15.9 Å². The Morgan fingerprint density at radius 2 is 1.88 bits per heavy atom. The van der Waals surface area contributed by atoms with Gasteiger partial charge in [0.1, 0.15) is 5.75 Å². The summed E-state index contributed by atoms with van der Waals surface area (Å²) in [4.78, 5) is 14.5. The molecule has 0 aliphatic rings. The first-order valence-electron chi connectivity index (χ1n) is 4.78. The van der Waals surface area contributed by atoms with E-state index in [4.69, 9.17) is 9.84 Å². The zero-order valence-corrected chi connectivity index (χ0v) is 10.2. The molecule has 2 rings (SSSR count). The molecule has 0 saturated heterocycles. The summed E-state index contributed by atoms with van der Waals surface area (Å²) in [7, 11) is 0. The number of nitrogens with zero attached hydrogens (tertiary/aromatic N) is 1. The van der Waals surface area contributed by atoms with Crippen LogP contribution in [-0.2, 0) is 0 Å². The summed E-state index contributed by atoms with van der Waals surface area (Å²) in [5.41, 5.74) is 0.133. The Morgan fingerprint density at radius 3 is 2.41 bits per heavy atom. The lowest BCUT2D eigenvalue weighted by Crippen LogP contribution is -1.97. The zero-order valence-electron chi connectivity index (χ0n) is 8.63. The van der Waals surface area contributed by atoms with Crippen molar-refractivity contribution in [3.8, 4) is 11.6 Å². The highest BCUT2D eigenvalue weighted by Gasteiger charge is 2.04. The van der Waals surface area contributed by atoms with Gasteiger partial charge in [-0.15, -0.1) is 0 Å². The molecule has 5 heteroatoms. The molecule has 17 heavy (non-hydrogen) atoms. The maximum atomic E-state index is 10.6. The SMILES string of the molecule is O=C(O)c1ccc(Oc2ccc(Br)cc2)nc1. The zero-order chi connectivity index (χ0) is 12.3. The quantitative estimate of drug-likeness (QED) is 0.943. The maximum absolute atomic E-state index is 10.6. The molecular weight excluding hydrogens is 286 g/mol. The number of rotatable bonds is 3. The Hall–Kier alpha value is -1.88. The van der Waals surface area contributed by atoms with Gasteiger partial charge in [0.05, 0.1) is 5.56 Å². The molecule has 1 aromatic carbocycles. The Kier molecular flexibility index (Phi) is 3.39. The molecular formula is C12H8BrNO3. The molecule has 0 bridgehead atoms. The van der Waals surface area contributed by atoms with E-state index >= 15 is 0 Å². The molecule has 0 atom stereocenters. The van der Waals surface area contributed by atoms with Gasteiger partial charge in [-0.05, 0) is 30.3 Å². The van der Waals surface area contributed by atoms with Gasteiger partial charge in [-0.1, -0.05) is 15.9 Å². The number of ether oxygens (including phenoxy) is 1. The molecule has 1 aromatic heterocycles. The van der Waals surface area contributed by atoms with E-state index in [0.717, 1.165) is 4.47 Å². The lowest BCUT2D eigenvalue weighted by atomic mass is 10.3. The number of aromatic nitrogens is 1. The Labute approximate surface area is 106 Å². The fraction of sp³-hybridized carbons (Fsp3) is 0. The average molecular weight is 294 g/mol. The molecule has 2 aromatic rings. The second-order valence-corrected chi connectivity index (χ2v) is 4.16. The number of benzene rings is 1. The van der Waals surface area contributed by atoms with Gasteiger partial charge in [0, 0.05) is 16.7 Å². The Bertz CT molecular complexity index is 522. The predicted octanol–water partition coefficient (Wildman–Crippen LogP) is 3.33. The molecule has 0 aliphatic heterocycles. The van der Waals surface area contributed by atoms with E-state index in [9.17, 15) is 4.79 Å². The molecule has 0 radical (unpaired) electrons. The van der Waals surface area contributed by atoms with Crippen LogP contribution in [0.15, 0.2) is 47.1 Å². The van der Waals surface area contributed by atoms with Crippen LogP contribution in [0.3, 0.4) is 0 Å². The first kappa shape index (κ1) is 11.6. The van der Waals surface area contributed by atoms with Crippen LogP contribution in [-0.4, -0.2) is 16.1 Å². The summed E-state index contributed by atoms with van der Waals surface area (Å²) in [6.45, 7) is 0. The highest BCUT2D eigenvalue weighted by molar-refractivity contribution is 9.10. The van der Waals surface area contributed by atoms with Crippen molar-refractivity contribution < 1.29 is 14.6 Å². The molecule has 86 valence electrons. The van der Waals surface area contributed by atoms with Gasteiger partial charge in [-0.3, -0.25) is 0 Å². The number of carboxylic acids is 1. The first-order chi connectivity index (χ1) is 8.15. The van der Waals surface area contributed by atoms with Crippen molar-refractivity contribution in [3.63, 3.8) is 0 Å². The summed E-state index contributed by atoms with van der Waals surface area (Å²) in [6, 6.07) is 10.2. The summed E-state index contributed by atoms with van der Waals surface area (Å²) in [5, 5.41) is 8.71. The molecule has 0 aliphatic carbocycles. The first-order valence-corrected chi connectivity index (χ1v) is 5.57. The van der Waals surface area contributed by atoms with E-state index in [2.05, 4.69) is 20.9 Å². The van der Waals surface area contributed by atoms with Gasteiger partial charge < -0.3 is 9.84 Å².